The lowest BCUT2D eigenvalue weighted by molar-refractivity contribution is -0.385. The number of nitrogens with one attached hydrogen (secondary N) is 1. The summed E-state index contributed by atoms with van der Waals surface area (Å²) < 4.78 is 18.8. The smallest absolute Gasteiger partial charge is 0.272 e. The summed E-state index contributed by atoms with van der Waals surface area (Å²) in [5, 5.41) is 23.1. The normalized spacial score (nSPS) is 17.2. The molecule has 1 heterocycles. The average molecular weight is 298 g/mol. The number of carbonyl (C=O) groups is 1. The summed E-state index contributed by atoms with van der Waals surface area (Å²) in [7, 11) is 0. The van der Waals surface area contributed by atoms with Gasteiger partial charge in [-0.15, -0.1) is 0 Å². The van der Waals surface area contributed by atoms with Crippen molar-refractivity contribution >= 4 is 11.6 Å². The highest BCUT2D eigenvalue weighted by molar-refractivity contribution is 5.94. The van der Waals surface area contributed by atoms with E-state index in [4.69, 9.17) is 4.74 Å². The number of hydrogen-bond acceptors (Lipinski definition) is 5. The Labute approximate surface area is 119 Å². The van der Waals surface area contributed by atoms with Crippen LogP contribution >= 0.6 is 0 Å². The number of non-ortho nitro benzene ring substituents is 1. The molecule has 7 nitrogen and oxygen atoms in total. The lowest BCUT2D eigenvalue weighted by Gasteiger charge is -2.32. The minimum atomic E-state index is -1.06. The van der Waals surface area contributed by atoms with Crippen molar-refractivity contribution in [1.29, 1.82) is 0 Å². The molecule has 0 radical (unpaired) electrons. The summed E-state index contributed by atoms with van der Waals surface area (Å²) in [6, 6.07) is 2.80. The molecule has 2 N–H and O–H groups in total. The first-order chi connectivity index (χ1) is 9.91. The van der Waals surface area contributed by atoms with Crippen molar-refractivity contribution < 1.29 is 24.0 Å². The number of halogens is 1. The van der Waals surface area contributed by atoms with Crippen molar-refractivity contribution in [3.05, 3.63) is 39.7 Å². The quantitative estimate of drug-likeness (QED) is 0.638. The van der Waals surface area contributed by atoms with E-state index in [0.717, 1.165) is 12.1 Å². The topological polar surface area (TPSA) is 102 Å². The second-order valence-electron chi connectivity index (χ2n) is 4.94. The van der Waals surface area contributed by atoms with Crippen LogP contribution < -0.4 is 5.32 Å². The number of benzene rings is 1. The molecule has 1 aliphatic heterocycles. The minimum absolute atomic E-state index is 0.0222. The summed E-state index contributed by atoms with van der Waals surface area (Å²) in [5.74, 6) is -1.69. The number of nitro groups is 1. The Balaban J connectivity index is 2.01. The molecule has 114 valence electrons. The molecular weight excluding hydrogens is 283 g/mol. The van der Waals surface area contributed by atoms with Gasteiger partial charge in [0.25, 0.3) is 11.6 Å². The fourth-order valence-electron chi connectivity index (χ4n) is 2.07. The number of hydrogen-bond donors (Lipinski definition) is 2. The van der Waals surface area contributed by atoms with E-state index in [2.05, 4.69) is 5.32 Å². The van der Waals surface area contributed by atoms with Crippen LogP contribution in [0.1, 0.15) is 23.2 Å². The third kappa shape index (κ3) is 3.73. The molecule has 0 aliphatic carbocycles. The Bertz CT molecular complexity index is 557. The van der Waals surface area contributed by atoms with Gasteiger partial charge in [0.2, 0.25) is 0 Å². The molecule has 0 atom stereocenters. The van der Waals surface area contributed by atoms with Gasteiger partial charge in [0.1, 0.15) is 5.82 Å². The monoisotopic (exact) mass is 298 g/mol. The number of rotatable bonds is 4. The molecule has 1 saturated heterocycles. The van der Waals surface area contributed by atoms with E-state index in [1.807, 2.05) is 0 Å². The standard InChI is InChI=1S/C13H15FN2O5/c14-11-7-9(16(19)20)1-2-10(11)12(17)15-8-13(18)3-5-21-6-4-13/h1-2,7,18H,3-6,8H2,(H,15,17). The molecule has 1 aromatic carbocycles. The second kappa shape index (κ2) is 6.15. The van der Waals surface area contributed by atoms with Gasteiger partial charge in [0, 0.05) is 38.7 Å². The largest absolute Gasteiger partial charge is 0.388 e. The van der Waals surface area contributed by atoms with Gasteiger partial charge >= 0.3 is 0 Å². The summed E-state index contributed by atoms with van der Waals surface area (Å²) in [5.41, 5.74) is -1.78. The fraction of sp³-hybridized carbons (Fsp3) is 0.462. The SMILES string of the molecule is O=C(NCC1(O)CCOCC1)c1ccc([N+](=O)[O-])cc1F. The van der Waals surface area contributed by atoms with E-state index >= 15 is 0 Å². The Kier molecular flexibility index (Phi) is 4.49. The zero-order chi connectivity index (χ0) is 15.5. The van der Waals surface area contributed by atoms with Crippen molar-refractivity contribution in [2.24, 2.45) is 0 Å². The van der Waals surface area contributed by atoms with Crippen LogP contribution in [0.5, 0.6) is 0 Å². The predicted octanol–water partition coefficient (Wildman–Crippen LogP) is 1.01. The molecular formula is C13H15FN2O5. The first-order valence-electron chi connectivity index (χ1n) is 6.44. The van der Waals surface area contributed by atoms with Gasteiger partial charge in [-0.05, 0) is 6.07 Å². The maximum absolute atomic E-state index is 13.7. The van der Waals surface area contributed by atoms with E-state index < -0.39 is 27.9 Å². The molecule has 0 aromatic heterocycles. The van der Waals surface area contributed by atoms with Crippen LogP contribution in [0, 0.1) is 15.9 Å². The molecule has 1 amide bonds. The van der Waals surface area contributed by atoms with Crippen molar-refractivity contribution in [3.8, 4) is 0 Å². The number of amides is 1. The highest BCUT2D eigenvalue weighted by Crippen LogP contribution is 2.20. The predicted molar refractivity (Wildman–Crippen MR) is 70.4 cm³/mol. The van der Waals surface area contributed by atoms with Gasteiger partial charge in [-0.2, -0.15) is 0 Å². The zero-order valence-corrected chi connectivity index (χ0v) is 11.2. The second-order valence-corrected chi connectivity index (χ2v) is 4.94. The van der Waals surface area contributed by atoms with Gasteiger partial charge in [-0.25, -0.2) is 4.39 Å². The van der Waals surface area contributed by atoms with Crippen LogP contribution in [-0.4, -0.2) is 41.3 Å². The number of nitrogens with zero attached hydrogens (tertiary/aromatic N) is 1. The number of ether oxygens (including phenoxy) is 1. The zero-order valence-electron chi connectivity index (χ0n) is 11.2. The summed E-state index contributed by atoms with van der Waals surface area (Å²) in [6.07, 6.45) is 0.770. The van der Waals surface area contributed by atoms with E-state index in [1.54, 1.807) is 0 Å². The van der Waals surface area contributed by atoms with Crippen LogP contribution in [0.2, 0.25) is 0 Å². The molecule has 1 fully saturated rings. The number of nitro benzene ring substituents is 1. The maximum Gasteiger partial charge on any atom is 0.272 e. The summed E-state index contributed by atoms with van der Waals surface area (Å²) >= 11 is 0. The van der Waals surface area contributed by atoms with Gasteiger partial charge in [-0.3, -0.25) is 14.9 Å². The lowest BCUT2D eigenvalue weighted by atomic mass is 9.94. The van der Waals surface area contributed by atoms with Gasteiger partial charge < -0.3 is 15.2 Å². The van der Waals surface area contributed by atoms with E-state index in [1.165, 1.54) is 0 Å². The van der Waals surface area contributed by atoms with E-state index in [-0.39, 0.29) is 12.1 Å². The molecule has 21 heavy (non-hydrogen) atoms. The number of carbonyl (C=O) groups excluding carboxylic acids is 1. The Hall–Kier alpha value is -2.06. The molecule has 1 aliphatic rings. The lowest BCUT2D eigenvalue weighted by Crippen LogP contribution is -2.46. The van der Waals surface area contributed by atoms with Crippen molar-refractivity contribution in [1.82, 2.24) is 5.32 Å². The van der Waals surface area contributed by atoms with Gasteiger partial charge in [0.15, 0.2) is 0 Å². The molecule has 0 unspecified atom stereocenters. The first-order valence-corrected chi connectivity index (χ1v) is 6.44. The first kappa shape index (κ1) is 15.3. The third-order valence-electron chi connectivity index (χ3n) is 3.41. The van der Waals surface area contributed by atoms with Gasteiger partial charge in [-0.1, -0.05) is 0 Å². The number of aliphatic hydroxyl groups is 1. The third-order valence-corrected chi connectivity index (χ3v) is 3.41. The highest BCUT2D eigenvalue weighted by Gasteiger charge is 2.30. The highest BCUT2D eigenvalue weighted by atomic mass is 19.1. The van der Waals surface area contributed by atoms with Crippen molar-refractivity contribution in [2.75, 3.05) is 19.8 Å². The average Bonchev–Trinajstić information content (AvgIpc) is 2.45. The molecule has 0 saturated carbocycles. The Morgan fingerprint density at radius 3 is 2.71 bits per heavy atom. The van der Waals surface area contributed by atoms with Crippen LogP contribution in [0.15, 0.2) is 18.2 Å². The van der Waals surface area contributed by atoms with Crippen LogP contribution in [-0.2, 0) is 4.74 Å². The van der Waals surface area contributed by atoms with E-state index in [0.29, 0.717) is 32.1 Å². The molecule has 0 spiro atoms. The molecule has 1 aromatic rings. The maximum atomic E-state index is 13.7. The fourth-order valence-corrected chi connectivity index (χ4v) is 2.07. The van der Waals surface area contributed by atoms with Crippen molar-refractivity contribution in [3.63, 3.8) is 0 Å². The van der Waals surface area contributed by atoms with Crippen LogP contribution in [0.3, 0.4) is 0 Å². The van der Waals surface area contributed by atoms with Crippen molar-refractivity contribution in [2.45, 2.75) is 18.4 Å². The van der Waals surface area contributed by atoms with E-state index in [9.17, 15) is 24.4 Å². The van der Waals surface area contributed by atoms with Crippen LogP contribution in [0.25, 0.3) is 0 Å². The van der Waals surface area contributed by atoms with Gasteiger partial charge in [0.05, 0.1) is 22.2 Å². The Morgan fingerprint density at radius 1 is 1.48 bits per heavy atom. The Morgan fingerprint density at radius 2 is 2.14 bits per heavy atom. The molecule has 0 bridgehead atoms. The molecule has 2 rings (SSSR count). The molecule has 8 heteroatoms. The summed E-state index contributed by atoms with van der Waals surface area (Å²) in [4.78, 5) is 21.6. The summed E-state index contributed by atoms with van der Waals surface area (Å²) in [6.45, 7) is 0.780. The minimum Gasteiger partial charge on any atom is -0.388 e. The van der Waals surface area contributed by atoms with Crippen LogP contribution in [0.4, 0.5) is 10.1 Å².